The third-order valence-electron chi connectivity index (χ3n) is 3.16. The van der Waals surface area contributed by atoms with E-state index in [1.54, 1.807) is 0 Å². The van der Waals surface area contributed by atoms with Gasteiger partial charge in [-0.3, -0.25) is 0 Å². The number of hydrogen-bond acceptors (Lipinski definition) is 2. The highest BCUT2D eigenvalue weighted by molar-refractivity contribution is 5.79. The summed E-state index contributed by atoms with van der Waals surface area (Å²) in [6.07, 6.45) is 1.98. The molecule has 3 nitrogen and oxygen atoms in total. The van der Waals surface area contributed by atoms with Gasteiger partial charge in [0.25, 0.3) is 0 Å². The SMILES string of the molecule is CCN(C)CCNCc1ccc2[nH]ccc2c1. The lowest BCUT2D eigenvalue weighted by Crippen LogP contribution is -2.28. The number of likely N-dealkylation sites (N-methyl/N-ethyl adjacent to an activating group) is 1. The van der Waals surface area contributed by atoms with Crippen LogP contribution < -0.4 is 5.32 Å². The quantitative estimate of drug-likeness (QED) is 0.747. The number of nitrogens with zero attached hydrogens (tertiary/aromatic N) is 1. The first-order chi connectivity index (χ1) is 8.29. The van der Waals surface area contributed by atoms with Crippen LogP contribution in [0.2, 0.25) is 0 Å². The highest BCUT2D eigenvalue weighted by atomic mass is 15.1. The average Bonchev–Trinajstić information content (AvgIpc) is 2.81. The molecule has 3 heteroatoms. The molecule has 0 fully saturated rings. The standard InChI is InChI=1S/C14H21N3/c1-3-17(2)9-8-15-11-12-4-5-14-13(10-12)6-7-16-14/h4-7,10,15-16H,3,8-9,11H2,1-2H3. The number of rotatable bonds is 6. The Bertz CT molecular complexity index is 461. The van der Waals surface area contributed by atoms with E-state index in [1.165, 1.54) is 16.5 Å². The summed E-state index contributed by atoms with van der Waals surface area (Å²) in [6.45, 7) is 6.37. The molecule has 0 aliphatic rings. The molecule has 0 saturated heterocycles. The van der Waals surface area contributed by atoms with Gasteiger partial charge in [0.15, 0.2) is 0 Å². The molecule has 0 aliphatic carbocycles. The average molecular weight is 231 g/mol. The van der Waals surface area contributed by atoms with Crippen molar-refractivity contribution in [2.24, 2.45) is 0 Å². The first kappa shape index (κ1) is 12.1. The third kappa shape index (κ3) is 3.32. The van der Waals surface area contributed by atoms with Crippen LogP contribution >= 0.6 is 0 Å². The Hall–Kier alpha value is -1.32. The Morgan fingerprint density at radius 3 is 3.00 bits per heavy atom. The summed E-state index contributed by atoms with van der Waals surface area (Å²) >= 11 is 0. The van der Waals surface area contributed by atoms with Crippen molar-refractivity contribution >= 4 is 10.9 Å². The van der Waals surface area contributed by atoms with Gasteiger partial charge in [0.05, 0.1) is 0 Å². The van der Waals surface area contributed by atoms with E-state index in [2.05, 4.69) is 53.4 Å². The number of hydrogen-bond donors (Lipinski definition) is 2. The molecular weight excluding hydrogens is 210 g/mol. The van der Waals surface area contributed by atoms with Gasteiger partial charge in [-0.2, -0.15) is 0 Å². The number of H-pyrrole nitrogens is 1. The van der Waals surface area contributed by atoms with Gasteiger partial charge in [-0.05, 0) is 42.7 Å². The summed E-state index contributed by atoms with van der Waals surface area (Å²) in [5, 5.41) is 4.76. The fourth-order valence-electron chi connectivity index (χ4n) is 1.87. The first-order valence-electron chi connectivity index (χ1n) is 6.25. The zero-order valence-corrected chi connectivity index (χ0v) is 10.7. The number of nitrogens with one attached hydrogen (secondary N) is 2. The lowest BCUT2D eigenvalue weighted by atomic mass is 10.1. The smallest absolute Gasteiger partial charge is 0.0454 e. The van der Waals surface area contributed by atoms with Crippen molar-refractivity contribution in [2.45, 2.75) is 13.5 Å². The molecule has 2 rings (SSSR count). The van der Waals surface area contributed by atoms with E-state index < -0.39 is 0 Å². The largest absolute Gasteiger partial charge is 0.361 e. The number of fused-ring (bicyclic) bond motifs is 1. The van der Waals surface area contributed by atoms with Crippen molar-refractivity contribution < 1.29 is 0 Å². The van der Waals surface area contributed by atoms with Crippen LogP contribution in [0.3, 0.4) is 0 Å². The van der Waals surface area contributed by atoms with Crippen LogP contribution in [-0.2, 0) is 6.54 Å². The van der Waals surface area contributed by atoms with E-state index in [9.17, 15) is 0 Å². The van der Waals surface area contributed by atoms with Gasteiger partial charge in [-0.1, -0.05) is 13.0 Å². The van der Waals surface area contributed by atoms with Crippen LogP contribution in [-0.4, -0.2) is 36.6 Å². The second kappa shape index (κ2) is 5.84. The zero-order valence-electron chi connectivity index (χ0n) is 10.7. The van der Waals surface area contributed by atoms with Crippen molar-refractivity contribution in [1.82, 2.24) is 15.2 Å². The van der Waals surface area contributed by atoms with Crippen molar-refractivity contribution in [3.63, 3.8) is 0 Å². The summed E-state index contributed by atoms with van der Waals surface area (Å²) in [7, 11) is 2.15. The molecule has 1 aromatic carbocycles. The Morgan fingerprint density at radius 2 is 2.18 bits per heavy atom. The first-order valence-corrected chi connectivity index (χ1v) is 6.25. The molecule has 0 radical (unpaired) electrons. The van der Waals surface area contributed by atoms with Crippen LogP contribution in [0.15, 0.2) is 30.5 Å². The Balaban J connectivity index is 1.82. The van der Waals surface area contributed by atoms with Gasteiger partial charge >= 0.3 is 0 Å². The van der Waals surface area contributed by atoms with Crippen LogP contribution in [0.5, 0.6) is 0 Å². The van der Waals surface area contributed by atoms with Gasteiger partial charge in [0, 0.05) is 31.3 Å². The molecule has 2 N–H and O–H groups in total. The summed E-state index contributed by atoms with van der Waals surface area (Å²) in [6, 6.07) is 8.67. The molecule has 0 bridgehead atoms. The summed E-state index contributed by atoms with van der Waals surface area (Å²) in [5.41, 5.74) is 2.55. The van der Waals surface area contributed by atoms with E-state index in [0.717, 1.165) is 26.2 Å². The fourth-order valence-corrected chi connectivity index (χ4v) is 1.87. The highest BCUT2D eigenvalue weighted by Crippen LogP contribution is 2.13. The minimum atomic E-state index is 0.943. The molecular formula is C14H21N3. The Morgan fingerprint density at radius 1 is 1.29 bits per heavy atom. The van der Waals surface area contributed by atoms with E-state index in [-0.39, 0.29) is 0 Å². The van der Waals surface area contributed by atoms with Crippen molar-refractivity contribution in [3.05, 3.63) is 36.0 Å². The third-order valence-corrected chi connectivity index (χ3v) is 3.16. The van der Waals surface area contributed by atoms with Crippen LogP contribution in [0.25, 0.3) is 10.9 Å². The molecule has 1 aromatic heterocycles. The molecule has 92 valence electrons. The van der Waals surface area contributed by atoms with Crippen LogP contribution in [0.1, 0.15) is 12.5 Å². The predicted octanol–water partition coefficient (Wildman–Crippen LogP) is 2.21. The summed E-state index contributed by atoms with van der Waals surface area (Å²) < 4.78 is 0. The lowest BCUT2D eigenvalue weighted by Gasteiger charge is -2.14. The number of aromatic amines is 1. The summed E-state index contributed by atoms with van der Waals surface area (Å²) in [5.74, 6) is 0. The molecule has 17 heavy (non-hydrogen) atoms. The van der Waals surface area contributed by atoms with E-state index in [0.29, 0.717) is 0 Å². The van der Waals surface area contributed by atoms with Crippen molar-refractivity contribution in [2.75, 3.05) is 26.7 Å². The molecule has 0 aliphatic heterocycles. The van der Waals surface area contributed by atoms with Gasteiger partial charge in [-0.15, -0.1) is 0 Å². The maximum absolute atomic E-state index is 3.47. The molecule has 2 aromatic rings. The van der Waals surface area contributed by atoms with Crippen LogP contribution in [0, 0.1) is 0 Å². The van der Waals surface area contributed by atoms with Gasteiger partial charge in [0.2, 0.25) is 0 Å². The zero-order chi connectivity index (χ0) is 12.1. The highest BCUT2D eigenvalue weighted by Gasteiger charge is 1.98. The number of benzene rings is 1. The van der Waals surface area contributed by atoms with Gasteiger partial charge in [-0.25, -0.2) is 0 Å². The monoisotopic (exact) mass is 231 g/mol. The van der Waals surface area contributed by atoms with E-state index in [1.807, 2.05) is 6.20 Å². The van der Waals surface area contributed by atoms with Gasteiger partial charge in [0.1, 0.15) is 0 Å². The second-order valence-electron chi connectivity index (χ2n) is 4.47. The molecule has 0 atom stereocenters. The second-order valence-corrected chi connectivity index (χ2v) is 4.47. The van der Waals surface area contributed by atoms with E-state index in [4.69, 9.17) is 0 Å². The predicted molar refractivity (Wildman–Crippen MR) is 73.2 cm³/mol. The maximum atomic E-state index is 3.47. The maximum Gasteiger partial charge on any atom is 0.0454 e. The molecule has 0 spiro atoms. The normalized spacial score (nSPS) is 11.5. The summed E-state index contributed by atoms with van der Waals surface area (Å²) in [4.78, 5) is 5.52. The minimum absolute atomic E-state index is 0.943. The lowest BCUT2D eigenvalue weighted by molar-refractivity contribution is 0.349. The minimum Gasteiger partial charge on any atom is -0.361 e. The topological polar surface area (TPSA) is 31.1 Å². The molecule has 0 unspecified atom stereocenters. The molecule has 1 heterocycles. The van der Waals surface area contributed by atoms with Crippen LogP contribution in [0.4, 0.5) is 0 Å². The molecule has 0 saturated carbocycles. The number of aromatic nitrogens is 1. The fraction of sp³-hybridized carbons (Fsp3) is 0.429. The Kier molecular flexibility index (Phi) is 4.18. The van der Waals surface area contributed by atoms with Crippen molar-refractivity contribution in [1.29, 1.82) is 0 Å². The van der Waals surface area contributed by atoms with Crippen molar-refractivity contribution in [3.8, 4) is 0 Å². The Labute approximate surface area is 103 Å². The molecule has 0 amide bonds. The van der Waals surface area contributed by atoms with E-state index >= 15 is 0 Å². The van der Waals surface area contributed by atoms with Gasteiger partial charge < -0.3 is 15.2 Å².